The highest BCUT2D eigenvalue weighted by Crippen LogP contribution is 2.27. The number of likely N-dealkylation sites (tertiary alicyclic amines) is 1. The van der Waals surface area contributed by atoms with Crippen molar-refractivity contribution in [2.24, 2.45) is 0 Å². The summed E-state index contributed by atoms with van der Waals surface area (Å²) in [7, 11) is 0. The fourth-order valence-electron chi connectivity index (χ4n) is 4.89. The zero-order chi connectivity index (χ0) is 25.1. The van der Waals surface area contributed by atoms with Crippen molar-refractivity contribution in [3.8, 4) is 0 Å². The van der Waals surface area contributed by atoms with E-state index in [4.69, 9.17) is 0 Å². The molecule has 0 radical (unpaired) electrons. The highest BCUT2D eigenvalue weighted by molar-refractivity contribution is 6.23. The second-order valence-electron chi connectivity index (χ2n) is 9.12. The standard InChI is InChI=1S/C29H27N3O4/c33-26(30-24-16-8-7-15-23(24)27(34)31-17-9-2-10-18-31)25(19-20-11-3-1-4-12-20)32-28(35)21-13-5-6-14-22(21)29(32)36/h1,3-8,11-16,25H,2,9-10,17-19H2,(H,30,33)/t25-/m0/s1. The maximum Gasteiger partial charge on any atom is 0.262 e. The van der Waals surface area contributed by atoms with E-state index >= 15 is 0 Å². The molecule has 1 N–H and O–H groups in total. The van der Waals surface area contributed by atoms with Crippen molar-refractivity contribution in [3.63, 3.8) is 0 Å². The Bertz CT molecular complexity index is 1280. The number of amides is 4. The predicted octanol–water partition coefficient (Wildman–Crippen LogP) is 4.16. The lowest BCUT2D eigenvalue weighted by atomic mass is 10.0. The van der Waals surface area contributed by atoms with Gasteiger partial charge in [0.15, 0.2) is 0 Å². The third-order valence-electron chi connectivity index (χ3n) is 6.77. The third kappa shape index (κ3) is 4.52. The highest BCUT2D eigenvalue weighted by atomic mass is 16.2. The number of anilines is 1. The van der Waals surface area contributed by atoms with Gasteiger partial charge in [0.2, 0.25) is 5.91 Å². The lowest BCUT2D eigenvalue weighted by molar-refractivity contribution is -0.119. The Kier molecular flexibility index (Phi) is 6.62. The Hall–Kier alpha value is -4.26. The van der Waals surface area contributed by atoms with Gasteiger partial charge in [0.1, 0.15) is 6.04 Å². The van der Waals surface area contributed by atoms with Gasteiger partial charge in [-0.15, -0.1) is 0 Å². The van der Waals surface area contributed by atoms with Gasteiger partial charge in [0, 0.05) is 19.5 Å². The van der Waals surface area contributed by atoms with Gasteiger partial charge in [-0.2, -0.15) is 0 Å². The van der Waals surface area contributed by atoms with E-state index in [1.165, 1.54) is 0 Å². The first kappa shape index (κ1) is 23.5. The number of piperidine rings is 1. The third-order valence-corrected chi connectivity index (χ3v) is 6.77. The van der Waals surface area contributed by atoms with Crippen LogP contribution in [0.25, 0.3) is 0 Å². The van der Waals surface area contributed by atoms with Crippen molar-refractivity contribution in [2.75, 3.05) is 18.4 Å². The molecule has 0 aromatic heterocycles. The number of carbonyl (C=O) groups excluding carboxylic acids is 4. The molecule has 0 spiro atoms. The van der Waals surface area contributed by atoms with Crippen molar-refractivity contribution in [2.45, 2.75) is 31.7 Å². The second-order valence-corrected chi connectivity index (χ2v) is 9.12. The Morgan fingerprint density at radius 1 is 0.750 bits per heavy atom. The zero-order valence-corrected chi connectivity index (χ0v) is 19.9. The molecule has 4 amide bonds. The topological polar surface area (TPSA) is 86.8 Å². The van der Waals surface area contributed by atoms with Crippen LogP contribution in [0.2, 0.25) is 0 Å². The van der Waals surface area contributed by atoms with Crippen molar-refractivity contribution in [3.05, 3.63) is 101 Å². The summed E-state index contributed by atoms with van der Waals surface area (Å²) in [5.74, 6) is -1.65. The van der Waals surface area contributed by atoms with Crippen LogP contribution >= 0.6 is 0 Å². The van der Waals surface area contributed by atoms with Crippen LogP contribution < -0.4 is 5.32 Å². The number of rotatable bonds is 6. The number of hydrogen-bond donors (Lipinski definition) is 1. The minimum absolute atomic E-state index is 0.133. The van der Waals surface area contributed by atoms with E-state index in [1.54, 1.807) is 53.4 Å². The average Bonchev–Trinajstić information content (AvgIpc) is 3.18. The molecule has 1 saturated heterocycles. The smallest absolute Gasteiger partial charge is 0.262 e. The number of imide groups is 1. The summed E-state index contributed by atoms with van der Waals surface area (Å²) in [6, 6.07) is 21.6. The average molecular weight is 482 g/mol. The molecule has 0 aliphatic carbocycles. The van der Waals surface area contributed by atoms with Crippen LogP contribution in [0.3, 0.4) is 0 Å². The van der Waals surface area contributed by atoms with Crippen molar-refractivity contribution >= 4 is 29.3 Å². The first-order chi connectivity index (χ1) is 17.5. The fraction of sp³-hybridized carbons (Fsp3) is 0.241. The van der Waals surface area contributed by atoms with Gasteiger partial charge in [0.25, 0.3) is 17.7 Å². The Morgan fingerprint density at radius 3 is 2.00 bits per heavy atom. The van der Waals surface area contributed by atoms with E-state index in [2.05, 4.69) is 5.32 Å². The van der Waals surface area contributed by atoms with E-state index in [1.807, 2.05) is 30.3 Å². The number of hydrogen-bond acceptors (Lipinski definition) is 4. The molecule has 3 aromatic carbocycles. The van der Waals surface area contributed by atoms with Crippen molar-refractivity contribution < 1.29 is 19.2 Å². The minimum atomic E-state index is -1.09. The molecule has 2 heterocycles. The van der Waals surface area contributed by atoms with Gasteiger partial charge in [-0.25, -0.2) is 0 Å². The van der Waals surface area contributed by atoms with Gasteiger partial charge in [-0.05, 0) is 49.1 Å². The van der Waals surface area contributed by atoms with Crippen LogP contribution in [-0.4, -0.2) is 52.6 Å². The molecular weight excluding hydrogens is 454 g/mol. The van der Waals surface area contributed by atoms with Crippen LogP contribution in [0.15, 0.2) is 78.9 Å². The summed E-state index contributed by atoms with van der Waals surface area (Å²) in [6.45, 7) is 1.37. The largest absolute Gasteiger partial charge is 0.339 e. The molecule has 1 atom stereocenters. The van der Waals surface area contributed by atoms with E-state index < -0.39 is 23.8 Å². The van der Waals surface area contributed by atoms with Gasteiger partial charge < -0.3 is 10.2 Å². The van der Waals surface area contributed by atoms with Gasteiger partial charge >= 0.3 is 0 Å². The van der Waals surface area contributed by atoms with Gasteiger partial charge in [-0.1, -0.05) is 54.6 Å². The van der Waals surface area contributed by atoms with Crippen LogP contribution in [0, 0.1) is 0 Å². The Labute approximate surface area is 209 Å². The van der Waals surface area contributed by atoms with Crippen LogP contribution in [0.5, 0.6) is 0 Å². The van der Waals surface area contributed by atoms with Crippen LogP contribution in [-0.2, 0) is 11.2 Å². The molecule has 0 unspecified atom stereocenters. The first-order valence-electron chi connectivity index (χ1n) is 12.2. The summed E-state index contributed by atoms with van der Waals surface area (Å²) in [4.78, 5) is 56.3. The molecule has 0 saturated carbocycles. The van der Waals surface area contributed by atoms with E-state index in [9.17, 15) is 19.2 Å². The molecule has 2 aliphatic heterocycles. The Balaban J connectivity index is 1.45. The molecule has 7 nitrogen and oxygen atoms in total. The molecule has 3 aromatic rings. The second kappa shape index (κ2) is 10.2. The molecular formula is C29H27N3O4. The normalized spacial score (nSPS) is 16.0. The van der Waals surface area contributed by atoms with E-state index in [0.717, 1.165) is 29.7 Å². The summed E-state index contributed by atoms with van der Waals surface area (Å²) in [5.41, 5.74) is 2.15. The molecule has 0 bridgehead atoms. The number of carbonyl (C=O) groups is 4. The highest BCUT2D eigenvalue weighted by Gasteiger charge is 2.42. The quantitative estimate of drug-likeness (QED) is 0.536. The lowest BCUT2D eigenvalue weighted by Crippen LogP contribution is -2.48. The summed E-state index contributed by atoms with van der Waals surface area (Å²) in [5, 5.41) is 2.86. The fourth-order valence-corrected chi connectivity index (χ4v) is 4.89. The summed E-state index contributed by atoms with van der Waals surface area (Å²) >= 11 is 0. The number of para-hydroxylation sites is 1. The van der Waals surface area contributed by atoms with E-state index in [-0.39, 0.29) is 23.5 Å². The van der Waals surface area contributed by atoms with Crippen LogP contribution in [0.1, 0.15) is 55.9 Å². The van der Waals surface area contributed by atoms with Crippen LogP contribution in [0.4, 0.5) is 5.69 Å². The van der Waals surface area contributed by atoms with E-state index in [0.29, 0.717) is 24.3 Å². The summed E-state index contributed by atoms with van der Waals surface area (Å²) in [6.07, 6.45) is 3.17. The molecule has 1 fully saturated rings. The SMILES string of the molecule is O=C(Nc1ccccc1C(=O)N1CCCCC1)[C@H](Cc1ccccc1)N1C(=O)c2ccccc2C1=O. The molecule has 182 valence electrons. The zero-order valence-electron chi connectivity index (χ0n) is 19.9. The molecule has 36 heavy (non-hydrogen) atoms. The summed E-state index contributed by atoms with van der Waals surface area (Å²) < 4.78 is 0. The number of nitrogens with one attached hydrogen (secondary N) is 1. The number of benzene rings is 3. The number of nitrogens with zero attached hydrogens (tertiary/aromatic N) is 2. The van der Waals surface area contributed by atoms with Crippen molar-refractivity contribution in [1.82, 2.24) is 9.80 Å². The molecule has 7 heteroatoms. The predicted molar refractivity (Wildman–Crippen MR) is 136 cm³/mol. The Morgan fingerprint density at radius 2 is 1.33 bits per heavy atom. The monoisotopic (exact) mass is 481 g/mol. The number of fused-ring (bicyclic) bond motifs is 1. The minimum Gasteiger partial charge on any atom is -0.339 e. The molecule has 5 rings (SSSR count). The first-order valence-corrected chi connectivity index (χ1v) is 12.2. The van der Waals surface area contributed by atoms with Gasteiger partial charge in [-0.3, -0.25) is 24.1 Å². The van der Waals surface area contributed by atoms with Gasteiger partial charge in [0.05, 0.1) is 22.4 Å². The van der Waals surface area contributed by atoms with Crippen molar-refractivity contribution in [1.29, 1.82) is 0 Å². The molecule has 2 aliphatic rings. The maximum absolute atomic E-state index is 13.7. The maximum atomic E-state index is 13.7. The lowest BCUT2D eigenvalue weighted by Gasteiger charge is -2.28.